The molecule has 1 aliphatic rings. The predicted octanol–water partition coefficient (Wildman–Crippen LogP) is 3.55. The Morgan fingerprint density at radius 2 is 2.19 bits per heavy atom. The molecule has 1 atom stereocenters. The number of likely N-dealkylation sites (tertiary alicyclic amines) is 1. The molecule has 1 fully saturated rings. The van der Waals surface area contributed by atoms with Crippen molar-refractivity contribution in [1.82, 2.24) is 14.3 Å². The van der Waals surface area contributed by atoms with Gasteiger partial charge in [-0.05, 0) is 32.4 Å². The molecule has 3 heterocycles. The van der Waals surface area contributed by atoms with Crippen LogP contribution in [0.25, 0.3) is 4.83 Å². The van der Waals surface area contributed by atoms with Crippen LogP contribution < -0.4 is 4.74 Å². The molecule has 2 aromatic heterocycles. The van der Waals surface area contributed by atoms with Crippen LogP contribution in [0.3, 0.4) is 0 Å². The Morgan fingerprint density at radius 1 is 1.38 bits per heavy atom. The number of benzene rings is 1. The number of aryl methyl sites for hydroxylation is 2. The van der Waals surface area contributed by atoms with Gasteiger partial charge in [-0.15, -0.1) is 11.3 Å². The van der Waals surface area contributed by atoms with Crippen molar-refractivity contribution in [3.63, 3.8) is 0 Å². The first-order valence-corrected chi connectivity index (χ1v) is 9.50. The van der Waals surface area contributed by atoms with E-state index in [-0.39, 0.29) is 24.2 Å². The summed E-state index contributed by atoms with van der Waals surface area (Å²) in [6.07, 6.45) is 0.883. The second-order valence-corrected chi connectivity index (χ2v) is 7.46. The van der Waals surface area contributed by atoms with E-state index in [1.807, 2.05) is 6.92 Å². The van der Waals surface area contributed by atoms with E-state index < -0.39 is 5.82 Å². The van der Waals surface area contributed by atoms with Crippen molar-refractivity contribution < 1.29 is 13.9 Å². The zero-order chi connectivity index (χ0) is 18.3. The second-order valence-electron chi connectivity index (χ2n) is 6.61. The molecule has 26 heavy (non-hydrogen) atoms. The highest BCUT2D eigenvalue weighted by Gasteiger charge is 2.31. The number of hydrogen-bond acceptors (Lipinski definition) is 4. The number of amides is 1. The lowest BCUT2D eigenvalue weighted by atomic mass is 10.1. The van der Waals surface area contributed by atoms with Crippen LogP contribution in [0.2, 0.25) is 0 Å². The maximum absolute atomic E-state index is 13.6. The van der Waals surface area contributed by atoms with Crippen molar-refractivity contribution in [3.8, 4) is 5.75 Å². The molecule has 0 spiro atoms. The van der Waals surface area contributed by atoms with Crippen LogP contribution in [0, 0.1) is 19.7 Å². The third-order valence-electron chi connectivity index (χ3n) is 4.84. The van der Waals surface area contributed by atoms with Crippen molar-refractivity contribution in [2.24, 2.45) is 0 Å². The summed E-state index contributed by atoms with van der Waals surface area (Å²) in [4.78, 5) is 20.1. The summed E-state index contributed by atoms with van der Waals surface area (Å²) in [6, 6.07) is 6.12. The molecule has 0 N–H and O–H groups in total. The van der Waals surface area contributed by atoms with E-state index in [0.717, 1.165) is 17.9 Å². The molecule has 1 amide bonds. The first-order chi connectivity index (χ1) is 12.5. The number of thiazole rings is 1. The van der Waals surface area contributed by atoms with E-state index in [0.29, 0.717) is 13.1 Å². The molecule has 4 rings (SSSR count). The van der Waals surface area contributed by atoms with Crippen LogP contribution in [0.15, 0.2) is 29.6 Å². The molecular formula is C19H20FN3O2S. The minimum Gasteiger partial charge on any atom is -0.481 e. The van der Waals surface area contributed by atoms with Gasteiger partial charge in [0.2, 0.25) is 0 Å². The number of aromatic nitrogens is 2. The molecule has 0 saturated carbocycles. The zero-order valence-corrected chi connectivity index (χ0v) is 15.6. The monoisotopic (exact) mass is 373 g/mol. The van der Waals surface area contributed by atoms with Crippen LogP contribution in [0.4, 0.5) is 4.39 Å². The largest absolute Gasteiger partial charge is 0.481 e. The van der Waals surface area contributed by atoms with Crippen LogP contribution in [-0.2, 0) is 4.79 Å². The number of carbonyl (C=O) groups is 1. The standard InChI is InChI=1S/C19H20FN3O2S/c1-12-11-26-19-18(21-13(2)23(12)19)14-7-8-22(9-14)17(24)10-25-16-6-4-3-5-15(16)20/h3-6,11,14H,7-10H2,1-2H3/t14-/m1/s1. The SMILES string of the molecule is Cc1csc2c([C@@H]3CCN(C(=O)COc4ccccc4F)C3)nc(C)n12. The summed E-state index contributed by atoms with van der Waals surface area (Å²) in [5.41, 5.74) is 2.26. The van der Waals surface area contributed by atoms with Gasteiger partial charge in [0.15, 0.2) is 18.2 Å². The van der Waals surface area contributed by atoms with Gasteiger partial charge in [0, 0.05) is 30.1 Å². The molecular weight excluding hydrogens is 353 g/mol. The van der Waals surface area contributed by atoms with Gasteiger partial charge < -0.3 is 9.64 Å². The van der Waals surface area contributed by atoms with Gasteiger partial charge in [-0.3, -0.25) is 9.20 Å². The minimum absolute atomic E-state index is 0.108. The van der Waals surface area contributed by atoms with Crippen molar-refractivity contribution in [2.75, 3.05) is 19.7 Å². The van der Waals surface area contributed by atoms with E-state index in [2.05, 4.69) is 16.7 Å². The molecule has 1 aliphatic heterocycles. The highest BCUT2D eigenvalue weighted by Crippen LogP contribution is 2.33. The van der Waals surface area contributed by atoms with Gasteiger partial charge in [-0.2, -0.15) is 0 Å². The van der Waals surface area contributed by atoms with Crippen molar-refractivity contribution in [1.29, 1.82) is 0 Å². The number of rotatable bonds is 4. The topological polar surface area (TPSA) is 46.8 Å². The number of nitrogens with zero attached hydrogens (tertiary/aromatic N) is 3. The summed E-state index contributed by atoms with van der Waals surface area (Å²) in [6.45, 7) is 5.24. The number of ether oxygens (including phenoxy) is 1. The molecule has 0 unspecified atom stereocenters. The molecule has 0 bridgehead atoms. The Morgan fingerprint density at radius 3 is 3.00 bits per heavy atom. The summed E-state index contributed by atoms with van der Waals surface area (Å²) in [7, 11) is 0. The van der Waals surface area contributed by atoms with E-state index in [1.165, 1.54) is 22.7 Å². The molecule has 1 aromatic carbocycles. The fraction of sp³-hybridized carbons (Fsp3) is 0.368. The highest BCUT2D eigenvalue weighted by molar-refractivity contribution is 7.15. The quantitative estimate of drug-likeness (QED) is 0.703. The number of halogens is 1. The first-order valence-electron chi connectivity index (χ1n) is 8.62. The fourth-order valence-corrected chi connectivity index (χ4v) is 4.63. The van der Waals surface area contributed by atoms with Crippen LogP contribution in [-0.4, -0.2) is 39.9 Å². The van der Waals surface area contributed by atoms with Crippen molar-refractivity contribution in [3.05, 3.63) is 52.7 Å². The lowest BCUT2D eigenvalue weighted by Crippen LogP contribution is -2.33. The Kier molecular flexibility index (Phi) is 4.40. The molecule has 3 aromatic rings. The number of para-hydroxylation sites is 1. The smallest absolute Gasteiger partial charge is 0.260 e. The van der Waals surface area contributed by atoms with Gasteiger partial charge in [0.1, 0.15) is 10.7 Å². The van der Waals surface area contributed by atoms with Gasteiger partial charge in [0.05, 0.1) is 5.69 Å². The first kappa shape index (κ1) is 17.0. The predicted molar refractivity (Wildman–Crippen MR) is 98.4 cm³/mol. The van der Waals surface area contributed by atoms with E-state index in [9.17, 15) is 9.18 Å². The van der Waals surface area contributed by atoms with E-state index in [4.69, 9.17) is 9.72 Å². The number of fused-ring (bicyclic) bond motifs is 1. The summed E-state index contributed by atoms with van der Waals surface area (Å²) in [5, 5.41) is 2.13. The van der Waals surface area contributed by atoms with Gasteiger partial charge in [-0.1, -0.05) is 12.1 Å². The molecule has 5 nitrogen and oxygen atoms in total. The number of imidazole rings is 1. The van der Waals surface area contributed by atoms with Crippen LogP contribution in [0.5, 0.6) is 5.75 Å². The van der Waals surface area contributed by atoms with Gasteiger partial charge >= 0.3 is 0 Å². The van der Waals surface area contributed by atoms with E-state index in [1.54, 1.807) is 28.4 Å². The fourth-order valence-electron chi connectivity index (χ4n) is 3.52. The third kappa shape index (κ3) is 2.96. The van der Waals surface area contributed by atoms with Gasteiger partial charge in [-0.25, -0.2) is 9.37 Å². The normalized spacial score (nSPS) is 17.2. The summed E-state index contributed by atoms with van der Waals surface area (Å²) in [5.74, 6) is 0.751. The molecule has 0 aliphatic carbocycles. The third-order valence-corrected chi connectivity index (χ3v) is 5.91. The molecule has 0 radical (unpaired) electrons. The van der Waals surface area contributed by atoms with Crippen molar-refractivity contribution >= 4 is 22.1 Å². The maximum atomic E-state index is 13.6. The number of carbonyl (C=O) groups excluding carboxylic acids is 1. The number of hydrogen-bond donors (Lipinski definition) is 0. The van der Waals surface area contributed by atoms with Gasteiger partial charge in [0.25, 0.3) is 5.91 Å². The minimum atomic E-state index is -0.455. The average Bonchev–Trinajstić information content (AvgIpc) is 3.32. The maximum Gasteiger partial charge on any atom is 0.260 e. The zero-order valence-electron chi connectivity index (χ0n) is 14.7. The van der Waals surface area contributed by atoms with E-state index >= 15 is 0 Å². The van der Waals surface area contributed by atoms with Crippen molar-refractivity contribution in [2.45, 2.75) is 26.2 Å². The molecule has 136 valence electrons. The summed E-state index contributed by atoms with van der Waals surface area (Å²) < 4.78 is 21.1. The average molecular weight is 373 g/mol. The summed E-state index contributed by atoms with van der Waals surface area (Å²) >= 11 is 1.70. The van der Waals surface area contributed by atoms with Crippen LogP contribution >= 0.6 is 11.3 Å². The Bertz CT molecular complexity index is 965. The lowest BCUT2D eigenvalue weighted by Gasteiger charge is -2.16. The lowest BCUT2D eigenvalue weighted by molar-refractivity contribution is -0.132. The Hall–Kier alpha value is -2.41. The molecule has 1 saturated heterocycles. The Balaban J connectivity index is 1.43. The molecule has 7 heteroatoms. The Labute approximate surface area is 155 Å². The second kappa shape index (κ2) is 6.72. The van der Waals surface area contributed by atoms with Crippen LogP contribution in [0.1, 0.15) is 29.6 Å². The highest BCUT2D eigenvalue weighted by atomic mass is 32.1.